The Kier molecular flexibility index (Phi) is 2.82. The SMILES string of the molecule is CCc1cc(-c2ccc3ccc(N)cc3c2)n2ccnc2n1. The Labute approximate surface area is 128 Å². The minimum absolute atomic E-state index is 0.738. The molecule has 0 fully saturated rings. The van der Waals surface area contributed by atoms with Crippen molar-refractivity contribution in [2.24, 2.45) is 0 Å². The number of fused-ring (bicyclic) bond motifs is 2. The zero-order valence-electron chi connectivity index (χ0n) is 12.3. The Hall–Kier alpha value is -2.88. The van der Waals surface area contributed by atoms with Crippen molar-refractivity contribution in [3.63, 3.8) is 0 Å². The maximum Gasteiger partial charge on any atom is 0.234 e. The van der Waals surface area contributed by atoms with Crippen LogP contribution in [0, 0.1) is 0 Å². The number of nitrogens with zero attached hydrogens (tertiary/aromatic N) is 3. The van der Waals surface area contributed by atoms with Gasteiger partial charge in [-0.1, -0.05) is 25.1 Å². The number of nitrogens with two attached hydrogens (primary N) is 1. The van der Waals surface area contributed by atoms with Gasteiger partial charge in [0, 0.05) is 23.8 Å². The minimum atomic E-state index is 0.738. The molecule has 4 rings (SSSR count). The van der Waals surface area contributed by atoms with E-state index in [0.717, 1.165) is 40.2 Å². The molecule has 0 aliphatic heterocycles. The Bertz CT molecular complexity index is 985. The molecular formula is C18H16N4. The van der Waals surface area contributed by atoms with Gasteiger partial charge >= 0.3 is 0 Å². The van der Waals surface area contributed by atoms with Crippen molar-refractivity contribution in [2.75, 3.05) is 5.73 Å². The van der Waals surface area contributed by atoms with Crippen LogP contribution in [0.15, 0.2) is 54.9 Å². The number of rotatable bonds is 2. The highest BCUT2D eigenvalue weighted by molar-refractivity contribution is 5.89. The predicted octanol–water partition coefficient (Wildman–Crippen LogP) is 3.69. The lowest BCUT2D eigenvalue weighted by atomic mass is 10.0. The van der Waals surface area contributed by atoms with Gasteiger partial charge in [-0.25, -0.2) is 9.97 Å². The molecule has 4 heteroatoms. The molecule has 0 aliphatic carbocycles. The summed E-state index contributed by atoms with van der Waals surface area (Å²) in [7, 11) is 0. The number of hydrogen-bond acceptors (Lipinski definition) is 3. The van der Waals surface area contributed by atoms with Crippen molar-refractivity contribution in [3.05, 3.63) is 60.6 Å². The third-order valence-electron chi connectivity index (χ3n) is 3.95. The van der Waals surface area contributed by atoms with Gasteiger partial charge in [-0.05, 0) is 47.0 Å². The van der Waals surface area contributed by atoms with E-state index in [1.807, 2.05) is 28.8 Å². The number of aryl methyl sites for hydroxylation is 1. The molecule has 0 bridgehead atoms. The maximum absolute atomic E-state index is 5.91. The van der Waals surface area contributed by atoms with E-state index >= 15 is 0 Å². The molecule has 22 heavy (non-hydrogen) atoms. The van der Waals surface area contributed by atoms with Gasteiger partial charge in [-0.2, -0.15) is 0 Å². The van der Waals surface area contributed by atoms with Crippen molar-refractivity contribution in [3.8, 4) is 11.3 Å². The van der Waals surface area contributed by atoms with Crippen molar-refractivity contribution in [2.45, 2.75) is 13.3 Å². The zero-order valence-corrected chi connectivity index (χ0v) is 12.3. The second-order valence-electron chi connectivity index (χ2n) is 5.40. The fraction of sp³-hybridized carbons (Fsp3) is 0.111. The molecule has 0 atom stereocenters. The first-order chi connectivity index (χ1) is 10.7. The van der Waals surface area contributed by atoms with Crippen LogP contribution in [-0.4, -0.2) is 14.4 Å². The van der Waals surface area contributed by atoms with Gasteiger partial charge in [0.15, 0.2) is 0 Å². The average molecular weight is 288 g/mol. The van der Waals surface area contributed by atoms with Crippen molar-refractivity contribution < 1.29 is 0 Å². The molecule has 0 spiro atoms. The van der Waals surface area contributed by atoms with Gasteiger partial charge in [0.25, 0.3) is 0 Å². The number of benzene rings is 2. The Balaban J connectivity index is 1.99. The summed E-state index contributed by atoms with van der Waals surface area (Å²) in [5, 5.41) is 2.32. The van der Waals surface area contributed by atoms with Crippen LogP contribution in [0.1, 0.15) is 12.6 Å². The fourth-order valence-electron chi connectivity index (χ4n) is 2.78. The van der Waals surface area contributed by atoms with Gasteiger partial charge in [0.05, 0.1) is 5.69 Å². The van der Waals surface area contributed by atoms with Crippen molar-refractivity contribution >= 4 is 22.2 Å². The van der Waals surface area contributed by atoms with Crippen LogP contribution in [-0.2, 0) is 6.42 Å². The van der Waals surface area contributed by atoms with E-state index in [4.69, 9.17) is 5.73 Å². The molecule has 0 saturated heterocycles. The van der Waals surface area contributed by atoms with Crippen LogP contribution in [0.3, 0.4) is 0 Å². The molecule has 2 heterocycles. The minimum Gasteiger partial charge on any atom is -0.399 e. The third-order valence-corrected chi connectivity index (χ3v) is 3.95. The summed E-state index contributed by atoms with van der Waals surface area (Å²) in [5.74, 6) is 0.738. The van der Waals surface area contributed by atoms with Crippen LogP contribution in [0.4, 0.5) is 5.69 Å². The number of imidazole rings is 1. The normalized spacial score (nSPS) is 11.3. The summed E-state index contributed by atoms with van der Waals surface area (Å²) in [6.45, 7) is 2.10. The standard InChI is InChI=1S/C18H16N4/c1-2-16-11-17(22-8-7-20-18(22)21-16)13-4-3-12-5-6-15(19)10-14(12)9-13/h3-11H,2,19H2,1H3. The van der Waals surface area contributed by atoms with Gasteiger partial charge in [0.2, 0.25) is 5.78 Å². The van der Waals surface area contributed by atoms with Crippen LogP contribution in [0.5, 0.6) is 0 Å². The average Bonchev–Trinajstić information content (AvgIpc) is 3.01. The highest BCUT2D eigenvalue weighted by atomic mass is 15.1. The second-order valence-corrected chi connectivity index (χ2v) is 5.40. The van der Waals surface area contributed by atoms with Crippen molar-refractivity contribution in [1.29, 1.82) is 0 Å². The molecule has 2 aromatic carbocycles. The van der Waals surface area contributed by atoms with E-state index in [9.17, 15) is 0 Å². The van der Waals surface area contributed by atoms with E-state index in [1.165, 1.54) is 5.39 Å². The van der Waals surface area contributed by atoms with Crippen LogP contribution in [0.2, 0.25) is 0 Å². The largest absolute Gasteiger partial charge is 0.399 e. The topological polar surface area (TPSA) is 56.2 Å². The van der Waals surface area contributed by atoms with Gasteiger partial charge in [-0.15, -0.1) is 0 Å². The lowest BCUT2D eigenvalue weighted by molar-refractivity contribution is 0.997. The summed E-state index contributed by atoms with van der Waals surface area (Å²) in [6, 6.07) is 14.5. The Morgan fingerprint density at radius 2 is 1.91 bits per heavy atom. The van der Waals surface area contributed by atoms with Crippen LogP contribution in [0.25, 0.3) is 27.8 Å². The monoisotopic (exact) mass is 288 g/mol. The summed E-state index contributed by atoms with van der Waals surface area (Å²) < 4.78 is 2.02. The Morgan fingerprint density at radius 1 is 1.05 bits per heavy atom. The molecule has 4 aromatic rings. The quantitative estimate of drug-likeness (QED) is 0.572. The summed E-state index contributed by atoms with van der Waals surface area (Å²) in [5.41, 5.74) is 9.97. The summed E-state index contributed by atoms with van der Waals surface area (Å²) in [6.07, 6.45) is 4.61. The molecule has 0 amide bonds. The maximum atomic E-state index is 5.91. The van der Waals surface area contributed by atoms with E-state index in [1.54, 1.807) is 6.20 Å². The first-order valence-electron chi connectivity index (χ1n) is 7.37. The summed E-state index contributed by atoms with van der Waals surface area (Å²) in [4.78, 5) is 8.87. The molecule has 0 saturated carbocycles. The first-order valence-corrected chi connectivity index (χ1v) is 7.37. The highest BCUT2D eigenvalue weighted by Crippen LogP contribution is 2.26. The number of aromatic nitrogens is 3. The third kappa shape index (κ3) is 2.00. The highest BCUT2D eigenvalue weighted by Gasteiger charge is 2.08. The molecule has 108 valence electrons. The smallest absolute Gasteiger partial charge is 0.234 e. The second kappa shape index (κ2) is 4.84. The Morgan fingerprint density at radius 3 is 2.77 bits per heavy atom. The van der Waals surface area contributed by atoms with E-state index in [2.05, 4.69) is 41.2 Å². The van der Waals surface area contributed by atoms with E-state index in [0.29, 0.717) is 0 Å². The molecule has 0 radical (unpaired) electrons. The van der Waals surface area contributed by atoms with E-state index in [-0.39, 0.29) is 0 Å². The number of nitrogen functional groups attached to an aromatic ring is 1. The van der Waals surface area contributed by atoms with Crippen LogP contribution < -0.4 is 5.73 Å². The summed E-state index contributed by atoms with van der Waals surface area (Å²) >= 11 is 0. The van der Waals surface area contributed by atoms with Gasteiger partial charge in [-0.3, -0.25) is 4.40 Å². The van der Waals surface area contributed by atoms with Crippen molar-refractivity contribution in [1.82, 2.24) is 14.4 Å². The van der Waals surface area contributed by atoms with Gasteiger partial charge in [0.1, 0.15) is 0 Å². The lowest BCUT2D eigenvalue weighted by Crippen LogP contribution is -1.98. The lowest BCUT2D eigenvalue weighted by Gasteiger charge is -2.09. The molecule has 4 nitrogen and oxygen atoms in total. The molecule has 2 aromatic heterocycles. The zero-order chi connectivity index (χ0) is 15.1. The number of hydrogen-bond donors (Lipinski definition) is 1. The molecular weight excluding hydrogens is 272 g/mol. The molecule has 0 aliphatic rings. The molecule has 0 unspecified atom stereocenters. The first kappa shape index (κ1) is 12.8. The number of anilines is 1. The predicted molar refractivity (Wildman–Crippen MR) is 89.7 cm³/mol. The van der Waals surface area contributed by atoms with Crippen LogP contribution >= 0.6 is 0 Å². The molecule has 2 N–H and O–H groups in total. The van der Waals surface area contributed by atoms with Gasteiger partial charge < -0.3 is 5.73 Å². The van der Waals surface area contributed by atoms with E-state index < -0.39 is 0 Å². The fourth-order valence-corrected chi connectivity index (χ4v) is 2.78.